The Hall–Kier alpha value is -1.56. The van der Waals surface area contributed by atoms with Crippen molar-refractivity contribution in [2.75, 3.05) is 25.4 Å². The SMILES string of the molecule is Nc1cc(Br)ccc1C(=O)NCC(=O)N1CCCC1. The third-order valence-corrected chi connectivity index (χ3v) is 3.61. The second kappa shape index (κ2) is 6.06. The van der Waals surface area contributed by atoms with Gasteiger partial charge < -0.3 is 16.0 Å². The minimum absolute atomic E-state index is 0.0222. The molecule has 0 radical (unpaired) electrons. The largest absolute Gasteiger partial charge is 0.398 e. The molecule has 1 aliphatic heterocycles. The van der Waals surface area contributed by atoms with Crippen molar-refractivity contribution < 1.29 is 9.59 Å². The molecule has 0 saturated carbocycles. The fraction of sp³-hybridized carbons (Fsp3) is 0.385. The summed E-state index contributed by atoms with van der Waals surface area (Å²) < 4.78 is 0.815. The number of hydrogen-bond acceptors (Lipinski definition) is 3. The lowest BCUT2D eigenvalue weighted by Gasteiger charge is -2.15. The van der Waals surface area contributed by atoms with E-state index in [1.165, 1.54) is 0 Å². The van der Waals surface area contributed by atoms with Crippen LogP contribution < -0.4 is 11.1 Å². The molecule has 3 N–H and O–H groups in total. The van der Waals surface area contributed by atoms with E-state index in [-0.39, 0.29) is 18.4 Å². The van der Waals surface area contributed by atoms with Gasteiger partial charge in [-0.05, 0) is 31.0 Å². The number of anilines is 1. The molecule has 1 aliphatic rings. The summed E-state index contributed by atoms with van der Waals surface area (Å²) in [5.41, 5.74) is 6.54. The summed E-state index contributed by atoms with van der Waals surface area (Å²) >= 11 is 3.28. The van der Waals surface area contributed by atoms with Crippen LogP contribution >= 0.6 is 15.9 Å². The summed E-state index contributed by atoms with van der Waals surface area (Å²) in [4.78, 5) is 25.5. The molecule has 1 heterocycles. The van der Waals surface area contributed by atoms with Crippen molar-refractivity contribution in [3.63, 3.8) is 0 Å². The zero-order valence-corrected chi connectivity index (χ0v) is 12.1. The maximum atomic E-state index is 11.9. The minimum atomic E-state index is -0.322. The first-order chi connectivity index (χ1) is 9.08. The van der Waals surface area contributed by atoms with E-state index >= 15 is 0 Å². The lowest BCUT2D eigenvalue weighted by Crippen LogP contribution is -2.38. The van der Waals surface area contributed by atoms with E-state index in [1.54, 1.807) is 23.1 Å². The number of likely N-dealkylation sites (tertiary alicyclic amines) is 1. The van der Waals surface area contributed by atoms with Crippen molar-refractivity contribution >= 4 is 33.4 Å². The molecule has 2 rings (SSSR count). The number of rotatable bonds is 3. The maximum absolute atomic E-state index is 11.9. The maximum Gasteiger partial charge on any atom is 0.253 e. The molecule has 6 heteroatoms. The van der Waals surface area contributed by atoms with Crippen molar-refractivity contribution in [2.24, 2.45) is 0 Å². The lowest BCUT2D eigenvalue weighted by atomic mass is 10.1. The topological polar surface area (TPSA) is 75.4 Å². The van der Waals surface area contributed by atoms with Crippen LogP contribution in [0.5, 0.6) is 0 Å². The Morgan fingerprint density at radius 3 is 2.63 bits per heavy atom. The van der Waals surface area contributed by atoms with Gasteiger partial charge in [0.05, 0.1) is 12.1 Å². The second-order valence-electron chi connectivity index (χ2n) is 4.50. The van der Waals surface area contributed by atoms with E-state index in [9.17, 15) is 9.59 Å². The summed E-state index contributed by atoms with van der Waals surface area (Å²) in [7, 11) is 0. The Bertz CT molecular complexity index is 499. The highest BCUT2D eigenvalue weighted by atomic mass is 79.9. The van der Waals surface area contributed by atoms with Gasteiger partial charge in [0.15, 0.2) is 0 Å². The van der Waals surface area contributed by atoms with E-state index in [2.05, 4.69) is 21.2 Å². The van der Waals surface area contributed by atoms with Crippen molar-refractivity contribution in [3.05, 3.63) is 28.2 Å². The summed E-state index contributed by atoms with van der Waals surface area (Å²) in [6, 6.07) is 5.04. The molecule has 0 spiro atoms. The van der Waals surface area contributed by atoms with Crippen LogP contribution in [0.3, 0.4) is 0 Å². The minimum Gasteiger partial charge on any atom is -0.398 e. The van der Waals surface area contributed by atoms with Gasteiger partial charge in [-0.15, -0.1) is 0 Å². The van der Waals surface area contributed by atoms with Gasteiger partial charge in [0.25, 0.3) is 5.91 Å². The van der Waals surface area contributed by atoms with Crippen LogP contribution in [-0.4, -0.2) is 36.3 Å². The molecule has 5 nitrogen and oxygen atoms in total. The number of amides is 2. The van der Waals surface area contributed by atoms with Crippen molar-refractivity contribution in [2.45, 2.75) is 12.8 Å². The molecule has 2 amide bonds. The Morgan fingerprint density at radius 2 is 2.00 bits per heavy atom. The third-order valence-electron chi connectivity index (χ3n) is 3.12. The zero-order chi connectivity index (χ0) is 13.8. The van der Waals surface area contributed by atoms with Crippen molar-refractivity contribution in [1.29, 1.82) is 0 Å². The number of hydrogen-bond donors (Lipinski definition) is 2. The van der Waals surface area contributed by atoms with Crippen LogP contribution in [0.4, 0.5) is 5.69 Å². The highest BCUT2D eigenvalue weighted by Crippen LogP contribution is 2.18. The molecule has 0 bridgehead atoms. The van der Waals surface area contributed by atoms with E-state index in [4.69, 9.17) is 5.73 Å². The van der Waals surface area contributed by atoms with Crippen LogP contribution in [0.25, 0.3) is 0 Å². The fourth-order valence-electron chi connectivity index (χ4n) is 2.07. The average molecular weight is 326 g/mol. The van der Waals surface area contributed by atoms with Crippen LogP contribution in [0.15, 0.2) is 22.7 Å². The molecule has 1 aromatic carbocycles. The van der Waals surface area contributed by atoms with Gasteiger partial charge in [-0.2, -0.15) is 0 Å². The predicted molar refractivity (Wildman–Crippen MR) is 76.7 cm³/mol. The molecule has 1 fully saturated rings. The van der Waals surface area contributed by atoms with E-state index < -0.39 is 0 Å². The number of halogens is 1. The lowest BCUT2D eigenvalue weighted by molar-refractivity contribution is -0.129. The Kier molecular flexibility index (Phi) is 4.42. The molecule has 0 aliphatic carbocycles. The predicted octanol–water partition coefficient (Wildman–Crippen LogP) is 1.38. The molecule has 1 saturated heterocycles. The van der Waals surface area contributed by atoms with Gasteiger partial charge in [0.2, 0.25) is 5.91 Å². The second-order valence-corrected chi connectivity index (χ2v) is 5.42. The van der Waals surface area contributed by atoms with Crippen LogP contribution in [0, 0.1) is 0 Å². The highest BCUT2D eigenvalue weighted by molar-refractivity contribution is 9.10. The van der Waals surface area contributed by atoms with Gasteiger partial charge >= 0.3 is 0 Å². The fourth-order valence-corrected chi connectivity index (χ4v) is 2.45. The Labute approximate surface area is 120 Å². The van der Waals surface area contributed by atoms with Gasteiger partial charge in [-0.25, -0.2) is 0 Å². The van der Waals surface area contributed by atoms with Gasteiger partial charge in [-0.3, -0.25) is 9.59 Å². The van der Waals surface area contributed by atoms with E-state index in [0.717, 1.165) is 30.4 Å². The number of benzene rings is 1. The summed E-state index contributed by atoms with van der Waals surface area (Å²) in [5, 5.41) is 2.61. The van der Waals surface area contributed by atoms with E-state index in [0.29, 0.717) is 11.3 Å². The number of nitrogens with zero attached hydrogens (tertiary/aromatic N) is 1. The Morgan fingerprint density at radius 1 is 1.32 bits per heavy atom. The molecule has 0 unspecified atom stereocenters. The molecular formula is C13H16BrN3O2. The van der Waals surface area contributed by atoms with Crippen LogP contribution in [0.1, 0.15) is 23.2 Å². The summed E-state index contributed by atoms with van der Waals surface area (Å²) in [6.07, 6.45) is 2.08. The molecule has 102 valence electrons. The summed E-state index contributed by atoms with van der Waals surface area (Å²) in [5.74, 6) is -0.362. The standard InChI is InChI=1S/C13H16BrN3O2/c14-9-3-4-10(11(15)7-9)13(19)16-8-12(18)17-5-1-2-6-17/h3-4,7H,1-2,5-6,8,15H2,(H,16,19). The summed E-state index contributed by atoms with van der Waals surface area (Å²) in [6.45, 7) is 1.60. The normalized spacial score (nSPS) is 14.5. The average Bonchev–Trinajstić information content (AvgIpc) is 2.89. The smallest absolute Gasteiger partial charge is 0.253 e. The number of carbonyl (C=O) groups is 2. The number of carbonyl (C=O) groups excluding carboxylic acids is 2. The number of nitrogens with two attached hydrogens (primary N) is 1. The number of nitrogens with one attached hydrogen (secondary N) is 1. The van der Waals surface area contributed by atoms with Gasteiger partial charge in [0, 0.05) is 23.2 Å². The van der Waals surface area contributed by atoms with Gasteiger partial charge in [0.1, 0.15) is 0 Å². The Balaban J connectivity index is 1.92. The van der Waals surface area contributed by atoms with Gasteiger partial charge in [-0.1, -0.05) is 15.9 Å². The monoisotopic (exact) mass is 325 g/mol. The first kappa shape index (κ1) is 13.9. The molecule has 0 atom stereocenters. The molecule has 1 aromatic rings. The first-order valence-electron chi connectivity index (χ1n) is 6.19. The third kappa shape index (κ3) is 3.47. The van der Waals surface area contributed by atoms with Crippen molar-refractivity contribution in [3.8, 4) is 0 Å². The quantitative estimate of drug-likeness (QED) is 0.824. The highest BCUT2D eigenvalue weighted by Gasteiger charge is 2.18. The van der Waals surface area contributed by atoms with E-state index in [1.807, 2.05) is 0 Å². The van der Waals surface area contributed by atoms with Crippen LogP contribution in [0.2, 0.25) is 0 Å². The molecular weight excluding hydrogens is 310 g/mol. The molecule has 19 heavy (non-hydrogen) atoms. The first-order valence-corrected chi connectivity index (χ1v) is 6.98. The van der Waals surface area contributed by atoms with Crippen molar-refractivity contribution in [1.82, 2.24) is 10.2 Å². The number of nitrogen functional groups attached to an aromatic ring is 1. The van der Waals surface area contributed by atoms with Crippen LogP contribution in [-0.2, 0) is 4.79 Å². The zero-order valence-electron chi connectivity index (χ0n) is 10.5. The molecule has 0 aromatic heterocycles.